The highest BCUT2D eigenvalue weighted by atomic mass is 16.6. The molecule has 4 aliphatic rings. The van der Waals surface area contributed by atoms with Gasteiger partial charge in [0.2, 0.25) is 0 Å². The van der Waals surface area contributed by atoms with Crippen molar-refractivity contribution in [1.82, 2.24) is 0 Å². The molecule has 0 bridgehead atoms. The number of hydrogen-bond donors (Lipinski definition) is 0. The van der Waals surface area contributed by atoms with Crippen LogP contribution >= 0.6 is 0 Å². The van der Waals surface area contributed by atoms with Gasteiger partial charge in [-0.3, -0.25) is 28.8 Å². The van der Waals surface area contributed by atoms with Gasteiger partial charge in [-0.1, -0.05) is 236 Å². The van der Waals surface area contributed by atoms with Gasteiger partial charge in [0.1, 0.15) is 99.3 Å². The SMILES string of the molecule is C=CC(=O)OCC(COc1ccc(C2(c3ccc(OCC(COC(=O)C=C)OC(CC)(CC)C(=O)C4CC=CCC4C(=O)OC)cc3)c3ccccc3-c3ccccc32)cc1)OC(=O)c1ccc(C(=O)c2ccc(C(=O)C(CC)(CC)OC(COC(=O)C=C)COc3ccc(C4(c5ccc(OCC(COC(=O)C=C)OC(=O)C6CC=CCC6C(=O)OC)cc5)c5ccccc5-c5ccccc54)cc3)c(C(=O)OC)c2)cc1C(=O)OC. The number of fused-ring (bicyclic) bond motifs is 6. The Balaban J connectivity index is 0.671. The highest BCUT2D eigenvalue weighted by molar-refractivity contribution is 6.15. The molecule has 0 aliphatic heterocycles. The second kappa shape index (κ2) is 49.8. The number of benzene rings is 10. The molecule has 776 valence electrons. The number of hydrogen-bond acceptors (Lipinski definition) is 29. The number of methoxy groups -OCH3 is 4. The summed E-state index contributed by atoms with van der Waals surface area (Å²) in [6.07, 6.45) is 8.31. The molecule has 8 atom stereocenters. The summed E-state index contributed by atoms with van der Waals surface area (Å²) in [6, 6.07) is 69.3. The summed E-state index contributed by atoms with van der Waals surface area (Å²) >= 11 is 0. The normalized spacial score (nSPS) is 16.0. The van der Waals surface area contributed by atoms with Crippen LogP contribution in [0, 0.1) is 23.7 Å². The summed E-state index contributed by atoms with van der Waals surface area (Å²) in [5.41, 5.74) is 4.39. The Bertz CT molecular complexity index is 6680. The molecule has 150 heavy (non-hydrogen) atoms. The molecular weight excluding hydrogens is 1920 g/mol. The van der Waals surface area contributed by atoms with E-state index in [1.165, 1.54) is 32.4 Å². The van der Waals surface area contributed by atoms with E-state index in [1.54, 1.807) is 62.4 Å². The van der Waals surface area contributed by atoms with E-state index in [9.17, 15) is 57.5 Å². The van der Waals surface area contributed by atoms with Gasteiger partial charge in [0.05, 0.1) is 73.7 Å². The molecule has 10 aromatic carbocycles. The van der Waals surface area contributed by atoms with E-state index in [4.69, 9.17) is 75.8 Å². The maximum Gasteiger partial charge on any atom is 0.339 e. The monoisotopic (exact) mass is 2030 g/mol. The molecule has 14 rings (SSSR count). The Morgan fingerprint density at radius 3 is 0.940 bits per heavy atom. The summed E-state index contributed by atoms with van der Waals surface area (Å²) in [7, 11) is 4.70. The van der Waals surface area contributed by atoms with Crippen LogP contribution in [0.4, 0.5) is 0 Å². The predicted molar refractivity (Wildman–Crippen MR) is 553 cm³/mol. The Morgan fingerprint density at radius 2 is 0.607 bits per heavy atom. The number of carbonyl (C=O) groups is 13. The average Bonchev–Trinajstić information content (AvgIpc) is 1.54. The minimum absolute atomic E-state index is 0.0129. The van der Waals surface area contributed by atoms with Crippen LogP contribution in [0.2, 0.25) is 0 Å². The summed E-state index contributed by atoms with van der Waals surface area (Å²) < 4.78 is 93.5. The second-order valence-corrected chi connectivity index (χ2v) is 36.2. The first-order valence-corrected chi connectivity index (χ1v) is 49.4. The van der Waals surface area contributed by atoms with Crippen molar-refractivity contribution in [2.24, 2.45) is 23.7 Å². The van der Waals surface area contributed by atoms with Gasteiger partial charge in [-0.05, 0) is 191 Å². The van der Waals surface area contributed by atoms with Crippen molar-refractivity contribution in [3.63, 3.8) is 0 Å². The standard InChI is InChI=1S/C121H118O29/c1-13-105(122)143-69-85(147-116(133)97-40-24-23-39-96(97)113(130)136-10)67-139-81-55-47-77(48-56-81)120(101-41-29-25-33-89(101)90-34-26-30-42-102(90)120)80-53-61-84(62-54-80)142-72-88(74-146-108(125)16-4)150-119(19-7,20-8)111(128)94-63-45-75(65-99(94)114(131)137-11)109(126)76-46-64-98(100(66-76)115(132)138-12)117(134)148-86(70-144-106(123)14-2)68-140-82-57-49-78(50-58-82)121(103-43-31-27-35-91(103)92-36-28-32-44-104(92)121)79-51-59-83(60-52-79)141-71-87(73-145-107(124)15-3)149-118(17-5,18-6)110(127)93-37-21-22-38-95(93)112(129)135-9/h13-16,21-36,41-66,85-88,93,95-97H,1-4,17-20,37-40,67-74H2,5-12H3. The molecule has 29 heteroatoms. The number of carbonyl (C=O) groups excluding carboxylic acids is 13. The lowest BCUT2D eigenvalue weighted by atomic mass is 9.68. The summed E-state index contributed by atoms with van der Waals surface area (Å²) in [4.78, 5) is 178. The average molecular weight is 2040 g/mol. The van der Waals surface area contributed by atoms with E-state index in [0.29, 0.717) is 35.8 Å². The number of ether oxygens (including phenoxy) is 16. The van der Waals surface area contributed by atoms with E-state index in [0.717, 1.165) is 123 Å². The zero-order valence-corrected chi connectivity index (χ0v) is 84.7. The first kappa shape index (κ1) is 109. The highest BCUT2D eigenvalue weighted by Crippen LogP contribution is 2.59. The zero-order chi connectivity index (χ0) is 107. The van der Waals surface area contributed by atoms with Crippen molar-refractivity contribution in [3.05, 3.63) is 383 Å². The van der Waals surface area contributed by atoms with Crippen molar-refractivity contribution in [1.29, 1.82) is 0 Å². The first-order valence-electron chi connectivity index (χ1n) is 49.4. The molecular formula is C121H118O29. The summed E-state index contributed by atoms with van der Waals surface area (Å²) in [5, 5.41) is 0. The number of ketones is 3. The molecule has 29 nitrogen and oxygen atoms in total. The number of esters is 10. The van der Waals surface area contributed by atoms with Crippen LogP contribution in [-0.4, -0.2) is 194 Å². The molecule has 0 saturated heterocycles. The third kappa shape index (κ3) is 23.4. The molecule has 0 amide bonds. The molecule has 0 heterocycles. The molecule has 0 radical (unpaired) electrons. The third-order valence-corrected chi connectivity index (χ3v) is 27.9. The minimum atomic E-state index is -1.78. The largest absolute Gasteiger partial charge is 0.491 e. The van der Waals surface area contributed by atoms with Gasteiger partial charge < -0.3 is 75.8 Å². The maximum atomic E-state index is 15.5. The quantitative estimate of drug-likeness (QED) is 0.0112. The van der Waals surface area contributed by atoms with Crippen LogP contribution in [0.25, 0.3) is 22.3 Å². The third-order valence-electron chi connectivity index (χ3n) is 27.9. The van der Waals surface area contributed by atoms with Crippen molar-refractivity contribution in [3.8, 4) is 45.3 Å². The Kier molecular flexibility index (Phi) is 36.2. The smallest absolute Gasteiger partial charge is 0.339 e. The van der Waals surface area contributed by atoms with Crippen LogP contribution in [0.15, 0.2) is 305 Å². The van der Waals surface area contributed by atoms with Gasteiger partial charge in [-0.2, -0.15) is 0 Å². The lowest BCUT2D eigenvalue weighted by Crippen LogP contribution is -2.51. The van der Waals surface area contributed by atoms with Crippen LogP contribution < -0.4 is 18.9 Å². The zero-order valence-electron chi connectivity index (χ0n) is 84.7. The van der Waals surface area contributed by atoms with Gasteiger partial charge in [-0.25, -0.2) is 33.6 Å². The number of rotatable bonds is 50. The molecule has 0 saturated carbocycles. The molecule has 0 N–H and O–H groups in total. The van der Waals surface area contributed by atoms with Crippen molar-refractivity contribution < 1.29 is 138 Å². The molecule has 8 unspecified atom stereocenters. The lowest BCUT2D eigenvalue weighted by Gasteiger charge is -2.38. The number of allylic oxidation sites excluding steroid dienone is 4. The second-order valence-electron chi connectivity index (χ2n) is 36.2. The van der Waals surface area contributed by atoms with Crippen LogP contribution in [-0.2, 0) is 106 Å². The van der Waals surface area contributed by atoms with E-state index < -0.39 is 167 Å². The van der Waals surface area contributed by atoms with Gasteiger partial charge in [-0.15, -0.1) is 0 Å². The molecule has 4 aliphatic carbocycles. The fraction of sp³-hybridized carbons (Fsp3) is 0.298. The molecule has 0 aromatic heterocycles. The van der Waals surface area contributed by atoms with Gasteiger partial charge in [0.15, 0.2) is 29.6 Å². The maximum absolute atomic E-state index is 15.5. The van der Waals surface area contributed by atoms with E-state index in [2.05, 4.69) is 74.8 Å². The molecule has 0 fully saturated rings. The van der Waals surface area contributed by atoms with Gasteiger partial charge in [0, 0.05) is 46.9 Å². The molecule has 10 aromatic rings. The van der Waals surface area contributed by atoms with Gasteiger partial charge in [0.25, 0.3) is 0 Å². The van der Waals surface area contributed by atoms with Crippen molar-refractivity contribution in [2.45, 2.75) is 126 Å². The van der Waals surface area contributed by atoms with Crippen LogP contribution in [0.5, 0.6) is 23.0 Å². The number of Topliss-reactive ketones (excluding diaryl/α,β-unsaturated/α-hetero) is 2. The van der Waals surface area contributed by atoms with E-state index in [-0.39, 0.29) is 105 Å². The Labute approximate surface area is 869 Å². The summed E-state index contributed by atoms with van der Waals surface area (Å²) in [6.45, 7) is 18.4. The van der Waals surface area contributed by atoms with E-state index >= 15 is 4.79 Å². The Hall–Kier alpha value is -16.5. The van der Waals surface area contributed by atoms with Crippen LogP contribution in [0.3, 0.4) is 0 Å². The van der Waals surface area contributed by atoms with Gasteiger partial charge >= 0.3 is 59.7 Å². The molecule has 0 spiro atoms. The predicted octanol–water partition coefficient (Wildman–Crippen LogP) is 18.6. The topological polar surface area (TPSA) is 370 Å². The van der Waals surface area contributed by atoms with Crippen LogP contribution in [0.1, 0.15) is 181 Å². The first-order chi connectivity index (χ1) is 72.6. The highest BCUT2D eigenvalue weighted by Gasteiger charge is 2.51. The van der Waals surface area contributed by atoms with Crippen molar-refractivity contribution in [2.75, 3.05) is 81.3 Å². The Morgan fingerprint density at radius 1 is 0.313 bits per heavy atom. The fourth-order valence-corrected chi connectivity index (χ4v) is 20.2. The minimum Gasteiger partial charge on any atom is -0.491 e. The fourth-order valence-electron chi connectivity index (χ4n) is 20.2. The lowest BCUT2D eigenvalue weighted by molar-refractivity contribution is -0.174. The van der Waals surface area contributed by atoms with Crippen molar-refractivity contribution >= 4 is 77.0 Å². The summed E-state index contributed by atoms with van der Waals surface area (Å²) in [5.74, 6) is -11.4. The van der Waals surface area contributed by atoms with E-state index in [1.807, 2.05) is 135 Å².